The summed E-state index contributed by atoms with van der Waals surface area (Å²) in [6, 6.07) is 15.2. The van der Waals surface area contributed by atoms with E-state index in [0.717, 1.165) is 11.6 Å². The number of rotatable bonds is 2. The fraction of sp³-hybridized carbons (Fsp3) is 0.421. The van der Waals surface area contributed by atoms with Gasteiger partial charge in [0, 0.05) is 11.8 Å². The number of fused-ring (bicyclic) bond motifs is 3. The summed E-state index contributed by atoms with van der Waals surface area (Å²) in [6.45, 7) is 0. The molecular formula is C19H21N. The summed E-state index contributed by atoms with van der Waals surface area (Å²) in [5.41, 5.74) is 4.35. The quantitative estimate of drug-likeness (QED) is 0.745. The highest BCUT2D eigenvalue weighted by atomic mass is 14.7. The molecule has 0 saturated heterocycles. The van der Waals surface area contributed by atoms with Gasteiger partial charge >= 0.3 is 0 Å². The summed E-state index contributed by atoms with van der Waals surface area (Å²) < 4.78 is 0. The number of hydrogen-bond donors (Lipinski definition) is 0. The number of pyridine rings is 1. The highest BCUT2D eigenvalue weighted by Gasteiger charge is 2.41. The second-order valence-corrected chi connectivity index (χ2v) is 6.56. The van der Waals surface area contributed by atoms with Gasteiger partial charge in [-0.1, -0.05) is 30.3 Å². The fourth-order valence-electron chi connectivity index (χ4n) is 4.21. The maximum Gasteiger partial charge on any atom is 0.0704 e. The van der Waals surface area contributed by atoms with Crippen molar-refractivity contribution in [3.8, 4) is 11.3 Å². The molecule has 0 unspecified atom stereocenters. The van der Waals surface area contributed by atoms with E-state index in [2.05, 4.69) is 47.4 Å². The predicted molar refractivity (Wildman–Crippen MR) is 82.5 cm³/mol. The molecule has 3 aliphatic carbocycles. The van der Waals surface area contributed by atoms with Gasteiger partial charge in [0.25, 0.3) is 0 Å². The van der Waals surface area contributed by atoms with Gasteiger partial charge in [0.05, 0.1) is 5.69 Å². The lowest BCUT2D eigenvalue weighted by Crippen LogP contribution is -2.37. The highest BCUT2D eigenvalue weighted by molar-refractivity contribution is 5.60. The van der Waals surface area contributed by atoms with Crippen LogP contribution in [0.5, 0.6) is 0 Å². The normalized spacial score (nSPS) is 28.5. The van der Waals surface area contributed by atoms with Gasteiger partial charge in [0.15, 0.2) is 0 Å². The van der Waals surface area contributed by atoms with E-state index in [1.807, 2.05) is 6.20 Å². The second-order valence-electron chi connectivity index (χ2n) is 6.56. The predicted octanol–water partition coefficient (Wildman–Crippen LogP) is 4.97. The molecule has 20 heavy (non-hydrogen) atoms. The third kappa shape index (κ3) is 1.96. The largest absolute Gasteiger partial charge is 0.256 e. The molecular weight excluding hydrogens is 242 g/mol. The Bertz CT molecular complexity index is 580. The zero-order chi connectivity index (χ0) is 13.4. The van der Waals surface area contributed by atoms with Crippen LogP contribution in [0, 0.1) is 5.92 Å². The molecule has 3 fully saturated rings. The zero-order valence-electron chi connectivity index (χ0n) is 11.9. The lowest BCUT2D eigenvalue weighted by atomic mass is 9.58. The van der Waals surface area contributed by atoms with Crippen LogP contribution in [0.15, 0.2) is 48.7 Å². The first kappa shape index (κ1) is 12.1. The summed E-state index contributed by atoms with van der Waals surface area (Å²) in [6.07, 6.45) is 10.5. The highest BCUT2D eigenvalue weighted by Crippen LogP contribution is 2.51. The van der Waals surface area contributed by atoms with Crippen LogP contribution in [0.3, 0.4) is 0 Å². The summed E-state index contributed by atoms with van der Waals surface area (Å²) in [5, 5.41) is 0. The minimum Gasteiger partial charge on any atom is -0.256 e. The van der Waals surface area contributed by atoms with Crippen molar-refractivity contribution >= 4 is 0 Å². The van der Waals surface area contributed by atoms with Crippen LogP contribution in [-0.4, -0.2) is 4.98 Å². The zero-order valence-corrected chi connectivity index (χ0v) is 11.9. The van der Waals surface area contributed by atoms with Crippen LogP contribution < -0.4 is 0 Å². The van der Waals surface area contributed by atoms with Gasteiger partial charge in [-0.3, -0.25) is 4.98 Å². The van der Waals surface area contributed by atoms with Crippen LogP contribution in [0.4, 0.5) is 0 Å². The standard InChI is InChI=1S/C19H21N/c1-2-4-16(5-3-1)18-14-17(9-13-20-18)19-10-6-15(7-11-19)8-12-19/h1-5,9,13-15H,6-8,10-12H2. The molecule has 1 aromatic heterocycles. The Balaban J connectivity index is 1.73. The van der Waals surface area contributed by atoms with Crippen LogP contribution in [0.2, 0.25) is 0 Å². The van der Waals surface area contributed by atoms with E-state index in [1.54, 1.807) is 0 Å². The van der Waals surface area contributed by atoms with Crippen LogP contribution in [0.1, 0.15) is 44.1 Å². The van der Waals surface area contributed by atoms with E-state index in [9.17, 15) is 0 Å². The first-order valence-electron chi connectivity index (χ1n) is 7.88. The molecule has 3 saturated carbocycles. The Morgan fingerprint density at radius 1 is 0.900 bits per heavy atom. The number of benzene rings is 1. The number of hydrogen-bond acceptors (Lipinski definition) is 1. The summed E-state index contributed by atoms with van der Waals surface area (Å²) in [7, 11) is 0. The van der Waals surface area contributed by atoms with Gasteiger partial charge < -0.3 is 0 Å². The first-order chi connectivity index (χ1) is 9.86. The van der Waals surface area contributed by atoms with Crippen molar-refractivity contribution in [2.45, 2.75) is 43.9 Å². The van der Waals surface area contributed by atoms with Gasteiger partial charge in [-0.25, -0.2) is 0 Å². The van der Waals surface area contributed by atoms with E-state index in [0.29, 0.717) is 5.41 Å². The Morgan fingerprint density at radius 2 is 1.60 bits per heavy atom. The van der Waals surface area contributed by atoms with Crippen LogP contribution in [0.25, 0.3) is 11.3 Å². The van der Waals surface area contributed by atoms with Crippen molar-refractivity contribution in [2.24, 2.45) is 5.92 Å². The third-order valence-electron chi connectivity index (χ3n) is 5.54. The van der Waals surface area contributed by atoms with Gasteiger partial charge in [0.1, 0.15) is 0 Å². The number of aromatic nitrogens is 1. The second kappa shape index (κ2) is 4.73. The average Bonchev–Trinajstić information content (AvgIpc) is 2.58. The van der Waals surface area contributed by atoms with Gasteiger partial charge in [-0.2, -0.15) is 0 Å². The first-order valence-corrected chi connectivity index (χ1v) is 7.88. The van der Waals surface area contributed by atoms with Crippen LogP contribution >= 0.6 is 0 Å². The summed E-state index contributed by atoms with van der Waals surface area (Å²) in [4.78, 5) is 4.58. The van der Waals surface area contributed by atoms with E-state index in [1.165, 1.54) is 49.7 Å². The molecule has 0 atom stereocenters. The van der Waals surface area contributed by atoms with Crippen LogP contribution in [-0.2, 0) is 5.41 Å². The molecule has 2 aromatic rings. The fourth-order valence-corrected chi connectivity index (χ4v) is 4.21. The van der Waals surface area contributed by atoms with Gasteiger partial charge in [-0.15, -0.1) is 0 Å². The monoisotopic (exact) mass is 263 g/mol. The molecule has 2 bridgehead atoms. The maximum absolute atomic E-state index is 4.58. The van der Waals surface area contributed by atoms with Crippen molar-refractivity contribution in [3.05, 3.63) is 54.2 Å². The summed E-state index contributed by atoms with van der Waals surface area (Å²) >= 11 is 0. The molecule has 0 radical (unpaired) electrons. The van der Waals surface area contributed by atoms with E-state index < -0.39 is 0 Å². The van der Waals surface area contributed by atoms with E-state index >= 15 is 0 Å². The van der Waals surface area contributed by atoms with Crippen molar-refractivity contribution in [3.63, 3.8) is 0 Å². The Hall–Kier alpha value is -1.63. The molecule has 5 rings (SSSR count). The molecule has 1 heterocycles. The van der Waals surface area contributed by atoms with Crippen molar-refractivity contribution in [1.29, 1.82) is 0 Å². The van der Waals surface area contributed by atoms with E-state index in [-0.39, 0.29) is 0 Å². The molecule has 0 amide bonds. The van der Waals surface area contributed by atoms with Crippen molar-refractivity contribution in [1.82, 2.24) is 4.98 Å². The van der Waals surface area contributed by atoms with Crippen molar-refractivity contribution in [2.75, 3.05) is 0 Å². The minimum absolute atomic E-state index is 0.460. The van der Waals surface area contributed by atoms with Crippen molar-refractivity contribution < 1.29 is 0 Å². The Kier molecular flexibility index (Phi) is 2.87. The minimum atomic E-state index is 0.460. The molecule has 102 valence electrons. The lowest BCUT2D eigenvalue weighted by molar-refractivity contribution is 0.136. The average molecular weight is 263 g/mol. The van der Waals surface area contributed by atoms with E-state index in [4.69, 9.17) is 0 Å². The molecule has 1 nitrogen and oxygen atoms in total. The summed E-state index contributed by atoms with van der Waals surface area (Å²) in [5.74, 6) is 1.02. The Labute approximate surface area is 121 Å². The molecule has 3 aliphatic rings. The smallest absolute Gasteiger partial charge is 0.0704 e. The SMILES string of the molecule is c1ccc(-c2cc(C34CCC(CC3)CC4)ccn2)cc1. The number of nitrogens with zero attached hydrogens (tertiary/aromatic N) is 1. The molecule has 0 N–H and O–H groups in total. The third-order valence-corrected chi connectivity index (χ3v) is 5.54. The topological polar surface area (TPSA) is 12.9 Å². The Morgan fingerprint density at radius 3 is 2.30 bits per heavy atom. The maximum atomic E-state index is 4.58. The van der Waals surface area contributed by atoms with Gasteiger partial charge in [-0.05, 0) is 67.6 Å². The molecule has 0 spiro atoms. The molecule has 1 aromatic carbocycles. The molecule has 0 aliphatic heterocycles. The lowest BCUT2D eigenvalue weighted by Gasteiger charge is -2.47. The van der Waals surface area contributed by atoms with Gasteiger partial charge in [0.2, 0.25) is 0 Å². The molecule has 1 heteroatoms.